The van der Waals surface area contributed by atoms with Gasteiger partial charge in [0, 0.05) is 0 Å². The van der Waals surface area contributed by atoms with Gasteiger partial charge in [-0.05, 0) is 42.2 Å². The van der Waals surface area contributed by atoms with Gasteiger partial charge < -0.3 is 10.4 Å². The molecule has 0 heterocycles. The third-order valence-corrected chi connectivity index (χ3v) is 3.94. The van der Waals surface area contributed by atoms with Crippen LogP contribution in [0.5, 0.6) is 0 Å². The molecule has 1 amide bonds. The van der Waals surface area contributed by atoms with Crippen LogP contribution in [0.3, 0.4) is 0 Å². The lowest BCUT2D eigenvalue weighted by molar-refractivity contribution is -0.121. The highest BCUT2D eigenvalue weighted by molar-refractivity contribution is 5.78. The van der Waals surface area contributed by atoms with E-state index in [9.17, 15) is 18.7 Å². The molecule has 2 rings (SSSR count). The predicted octanol–water partition coefficient (Wildman–Crippen LogP) is 3.31. The van der Waals surface area contributed by atoms with Gasteiger partial charge >= 0.3 is 0 Å². The van der Waals surface area contributed by atoms with Crippen LogP contribution in [0.2, 0.25) is 0 Å². The zero-order chi connectivity index (χ0) is 17.7. The number of nitrogens with one attached hydrogen (secondary N) is 1. The topological polar surface area (TPSA) is 49.3 Å². The van der Waals surface area contributed by atoms with Gasteiger partial charge in [-0.25, -0.2) is 8.78 Å². The van der Waals surface area contributed by atoms with Crippen LogP contribution >= 0.6 is 0 Å². The third kappa shape index (κ3) is 4.61. The molecule has 0 spiro atoms. The van der Waals surface area contributed by atoms with E-state index in [1.54, 1.807) is 6.92 Å². The Hall–Kier alpha value is -2.27. The number of amides is 1. The predicted molar refractivity (Wildman–Crippen MR) is 88.4 cm³/mol. The largest absolute Gasteiger partial charge is 0.386 e. The molecular weight excluding hydrogens is 312 g/mol. The Bertz CT molecular complexity index is 701. The molecular formula is C19H21F2NO2. The summed E-state index contributed by atoms with van der Waals surface area (Å²) in [5.74, 6) is -2.24. The molecule has 2 N–H and O–H groups in total. The maximum Gasteiger partial charge on any atom is 0.224 e. The quantitative estimate of drug-likeness (QED) is 0.852. The van der Waals surface area contributed by atoms with E-state index in [4.69, 9.17) is 0 Å². The molecule has 0 saturated heterocycles. The number of hydrogen-bond donors (Lipinski definition) is 2. The molecule has 0 bridgehead atoms. The molecule has 0 aliphatic rings. The average Bonchev–Trinajstić information content (AvgIpc) is 2.57. The first-order valence-corrected chi connectivity index (χ1v) is 7.91. The van der Waals surface area contributed by atoms with E-state index in [1.807, 2.05) is 24.3 Å². The summed E-state index contributed by atoms with van der Waals surface area (Å²) < 4.78 is 26.2. The summed E-state index contributed by atoms with van der Waals surface area (Å²) in [6.07, 6.45) is 0.00878. The van der Waals surface area contributed by atoms with Gasteiger partial charge in [0.05, 0.1) is 18.6 Å². The number of carbonyl (C=O) groups excluding carboxylic acids is 1. The van der Waals surface area contributed by atoms with Gasteiger partial charge in [-0.2, -0.15) is 0 Å². The van der Waals surface area contributed by atoms with Crippen molar-refractivity contribution in [3.8, 4) is 0 Å². The average molecular weight is 333 g/mol. The second kappa shape index (κ2) is 8.02. The van der Waals surface area contributed by atoms with Crippen molar-refractivity contribution in [1.29, 1.82) is 0 Å². The fourth-order valence-electron chi connectivity index (χ4n) is 2.45. The minimum absolute atomic E-state index is 0.193. The second-order valence-corrected chi connectivity index (χ2v) is 5.82. The van der Waals surface area contributed by atoms with Crippen LogP contribution < -0.4 is 5.32 Å². The van der Waals surface area contributed by atoms with E-state index >= 15 is 0 Å². The fraction of sp³-hybridized carbons (Fsp3) is 0.316. The SMILES string of the molecule is CCc1ccc(CC(=O)NC(C)C(O)c2ccc(F)c(F)c2)cc1. The molecule has 0 fully saturated rings. The van der Waals surface area contributed by atoms with E-state index in [1.165, 1.54) is 11.6 Å². The Balaban J connectivity index is 1.95. The summed E-state index contributed by atoms with van der Waals surface area (Å²) in [7, 11) is 0. The standard InChI is InChI=1S/C19H21F2NO2/c1-3-13-4-6-14(7-5-13)10-18(23)22-12(2)19(24)15-8-9-16(20)17(21)11-15/h4-9,11-12,19,24H,3,10H2,1-2H3,(H,22,23). The molecule has 2 aromatic rings. The monoisotopic (exact) mass is 333 g/mol. The van der Waals surface area contributed by atoms with Crippen LogP contribution in [0.15, 0.2) is 42.5 Å². The molecule has 5 heteroatoms. The smallest absolute Gasteiger partial charge is 0.224 e. The molecule has 3 nitrogen and oxygen atoms in total. The normalized spacial score (nSPS) is 13.4. The summed E-state index contributed by atoms with van der Waals surface area (Å²) in [4.78, 5) is 12.1. The lowest BCUT2D eigenvalue weighted by atomic mass is 10.0. The summed E-state index contributed by atoms with van der Waals surface area (Å²) >= 11 is 0. The second-order valence-electron chi connectivity index (χ2n) is 5.82. The molecule has 2 unspecified atom stereocenters. The first-order chi connectivity index (χ1) is 11.4. The molecule has 0 radical (unpaired) electrons. The minimum Gasteiger partial charge on any atom is -0.386 e. The van der Waals surface area contributed by atoms with Gasteiger partial charge in [0.25, 0.3) is 0 Å². The van der Waals surface area contributed by atoms with E-state index in [2.05, 4.69) is 12.2 Å². The summed E-state index contributed by atoms with van der Waals surface area (Å²) in [6.45, 7) is 3.67. The zero-order valence-corrected chi connectivity index (χ0v) is 13.7. The molecule has 2 aromatic carbocycles. The van der Waals surface area contributed by atoms with Crippen molar-refractivity contribution in [3.05, 3.63) is 70.8 Å². The van der Waals surface area contributed by atoms with Crippen LogP contribution in [0.4, 0.5) is 8.78 Å². The molecule has 2 atom stereocenters. The number of carbonyl (C=O) groups is 1. The first-order valence-electron chi connectivity index (χ1n) is 7.91. The number of hydrogen-bond acceptors (Lipinski definition) is 2. The van der Waals surface area contributed by atoms with Gasteiger partial charge in [-0.15, -0.1) is 0 Å². The van der Waals surface area contributed by atoms with Gasteiger partial charge in [0.15, 0.2) is 11.6 Å². The highest BCUT2D eigenvalue weighted by atomic mass is 19.2. The lowest BCUT2D eigenvalue weighted by Gasteiger charge is -2.21. The van der Waals surface area contributed by atoms with Gasteiger partial charge in [-0.1, -0.05) is 37.3 Å². The number of aliphatic hydroxyl groups is 1. The molecule has 0 aromatic heterocycles. The van der Waals surface area contributed by atoms with Crippen molar-refractivity contribution in [3.63, 3.8) is 0 Å². The summed E-state index contributed by atoms with van der Waals surface area (Å²) in [5, 5.41) is 12.9. The van der Waals surface area contributed by atoms with Crippen LogP contribution in [0.1, 0.15) is 36.6 Å². The molecule has 24 heavy (non-hydrogen) atoms. The highest BCUT2D eigenvalue weighted by Crippen LogP contribution is 2.19. The number of aliphatic hydroxyl groups excluding tert-OH is 1. The first kappa shape index (κ1) is 18.1. The van der Waals surface area contributed by atoms with Crippen LogP contribution in [-0.2, 0) is 17.6 Å². The third-order valence-electron chi connectivity index (χ3n) is 3.94. The van der Waals surface area contributed by atoms with Crippen LogP contribution in [0, 0.1) is 11.6 Å². The maximum atomic E-state index is 13.2. The molecule has 0 aliphatic carbocycles. The highest BCUT2D eigenvalue weighted by Gasteiger charge is 2.19. The Morgan fingerprint density at radius 1 is 1.08 bits per heavy atom. The zero-order valence-electron chi connectivity index (χ0n) is 13.7. The number of rotatable bonds is 6. The van der Waals surface area contributed by atoms with Crippen molar-refractivity contribution < 1.29 is 18.7 Å². The number of benzene rings is 2. The summed E-state index contributed by atoms with van der Waals surface area (Å²) in [6, 6.07) is 10.3. The molecule has 0 saturated carbocycles. The van der Waals surface area contributed by atoms with Crippen molar-refractivity contribution in [2.24, 2.45) is 0 Å². The van der Waals surface area contributed by atoms with Gasteiger partial charge in [-0.3, -0.25) is 4.79 Å². The Kier molecular flexibility index (Phi) is 6.04. The van der Waals surface area contributed by atoms with Crippen LogP contribution in [-0.4, -0.2) is 17.1 Å². The van der Waals surface area contributed by atoms with E-state index in [0.29, 0.717) is 0 Å². The van der Waals surface area contributed by atoms with E-state index in [-0.39, 0.29) is 17.9 Å². The number of aryl methyl sites for hydroxylation is 1. The van der Waals surface area contributed by atoms with Crippen molar-refractivity contribution in [2.75, 3.05) is 0 Å². The maximum absolute atomic E-state index is 13.2. The van der Waals surface area contributed by atoms with Crippen molar-refractivity contribution in [1.82, 2.24) is 5.32 Å². The van der Waals surface area contributed by atoms with Crippen molar-refractivity contribution in [2.45, 2.75) is 38.8 Å². The van der Waals surface area contributed by atoms with Crippen molar-refractivity contribution >= 4 is 5.91 Å². The van der Waals surface area contributed by atoms with Crippen LogP contribution in [0.25, 0.3) is 0 Å². The Morgan fingerprint density at radius 2 is 1.71 bits per heavy atom. The lowest BCUT2D eigenvalue weighted by Crippen LogP contribution is -2.38. The molecule has 128 valence electrons. The van der Waals surface area contributed by atoms with E-state index < -0.39 is 23.8 Å². The Labute approximate surface area is 140 Å². The van der Waals surface area contributed by atoms with Gasteiger partial charge in [0.2, 0.25) is 5.91 Å². The molecule has 0 aliphatic heterocycles. The summed E-state index contributed by atoms with van der Waals surface area (Å²) in [5.41, 5.74) is 2.29. The fourth-order valence-corrected chi connectivity index (χ4v) is 2.45. The number of halogens is 2. The van der Waals surface area contributed by atoms with E-state index in [0.717, 1.165) is 24.1 Å². The Morgan fingerprint density at radius 3 is 2.29 bits per heavy atom. The minimum atomic E-state index is -1.12. The van der Waals surface area contributed by atoms with Gasteiger partial charge in [0.1, 0.15) is 0 Å².